The van der Waals surface area contributed by atoms with Crippen molar-refractivity contribution in [2.45, 2.75) is 51.4 Å². The molecule has 5 rings (SSSR count). The fourth-order valence-electron chi connectivity index (χ4n) is 7.37. The van der Waals surface area contributed by atoms with Gasteiger partial charge in [-0.3, -0.25) is 0 Å². The molecule has 0 aliphatic heterocycles. The summed E-state index contributed by atoms with van der Waals surface area (Å²) in [6, 6.07) is 0. The maximum atomic E-state index is 1.67. The van der Waals surface area contributed by atoms with Gasteiger partial charge < -0.3 is 0 Å². The van der Waals surface area contributed by atoms with Crippen molar-refractivity contribution in [3.63, 3.8) is 0 Å². The van der Waals surface area contributed by atoms with Crippen LogP contribution < -0.4 is 0 Å². The molecule has 0 N–H and O–H groups in total. The Balaban J connectivity index is 1.55. The first kappa shape index (κ1) is 9.00. The number of hydrogen-bond donors (Lipinski definition) is 0. The third kappa shape index (κ3) is 0.910. The largest absolute Gasteiger partial charge is 0.0527 e. The van der Waals surface area contributed by atoms with Gasteiger partial charge in [-0.15, -0.1) is 0 Å². The van der Waals surface area contributed by atoms with E-state index in [0.717, 1.165) is 0 Å². The zero-order valence-electron chi connectivity index (χ0n) is 10.3. The van der Waals surface area contributed by atoms with Crippen LogP contribution in [0.25, 0.3) is 0 Å². The predicted octanol–water partition coefficient (Wildman–Crippen LogP) is 4.10. The van der Waals surface area contributed by atoms with Gasteiger partial charge in [-0.1, -0.05) is 6.42 Å². The first-order valence-electron chi connectivity index (χ1n) is 7.92. The standard InChI is InChI=1S/C16H24/c1-2-12-11-7-14-9-4-5-10(6-9)16(14)15(8-11)13(12)3-1/h9-16H,1-8H2/t9?,10?,11-,12?,13?,14?,15?,16?/m0/s1. The molecule has 0 nitrogen and oxygen atoms in total. The summed E-state index contributed by atoms with van der Waals surface area (Å²) in [6.07, 6.45) is 13.0. The maximum absolute atomic E-state index is 1.67. The van der Waals surface area contributed by atoms with Gasteiger partial charge in [-0.25, -0.2) is 0 Å². The topological polar surface area (TPSA) is 0 Å². The lowest BCUT2D eigenvalue weighted by atomic mass is 9.64. The molecule has 8 atom stereocenters. The van der Waals surface area contributed by atoms with Gasteiger partial charge >= 0.3 is 0 Å². The summed E-state index contributed by atoms with van der Waals surface area (Å²) in [5, 5.41) is 0. The van der Waals surface area contributed by atoms with Crippen molar-refractivity contribution in [1.29, 1.82) is 0 Å². The van der Waals surface area contributed by atoms with Crippen LogP contribution >= 0.6 is 0 Å². The first-order valence-corrected chi connectivity index (χ1v) is 7.92. The monoisotopic (exact) mass is 216 g/mol. The normalized spacial score (nSPS) is 66.0. The molecule has 0 heteroatoms. The fourth-order valence-corrected chi connectivity index (χ4v) is 7.37. The molecule has 5 aliphatic carbocycles. The minimum Gasteiger partial charge on any atom is -0.0527 e. The molecule has 0 radical (unpaired) electrons. The predicted molar refractivity (Wildman–Crippen MR) is 64.9 cm³/mol. The van der Waals surface area contributed by atoms with Crippen LogP contribution in [0.5, 0.6) is 0 Å². The second-order valence-corrected chi connectivity index (χ2v) is 7.73. The quantitative estimate of drug-likeness (QED) is 0.572. The zero-order chi connectivity index (χ0) is 10.3. The summed E-state index contributed by atoms with van der Waals surface area (Å²) in [5.74, 6) is 9.65. The van der Waals surface area contributed by atoms with Crippen LogP contribution in [0.1, 0.15) is 51.4 Å². The summed E-state index contributed by atoms with van der Waals surface area (Å²) in [4.78, 5) is 0. The molecule has 0 amide bonds. The highest BCUT2D eigenvalue weighted by atomic mass is 14.7. The van der Waals surface area contributed by atoms with Gasteiger partial charge in [0.15, 0.2) is 0 Å². The van der Waals surface area contributed by atoms with Gasteiger partial charge in [-0.05, 0) is 92.3 Å². The highest BCUT2D eigenvalue weighted by Gasteiger charge is 2.60. The highest BCUT2D eigenvalue weighted by Crippen LogP contribution is 2.68. The summed E-state index contributed by atoms with van der Waals surface area (Å²) < 4.78 is 0. The molecule has 7 unspecified atom stereocenters. The second-order valence-electron chi connectivity index (χ2n) is 7.73. The van der Waals surface area contributed by atoms with Crippen molar-refractivity contribution >= 4 is 0 Å². The van der Waals surface area contributed by atoms with Crippen molar-refractivity contribution in [2.75, 3.05) is 0 Å². The molecule has 4 bridgehead atoms. The van der Waals surface area contributed by atoms with Gasteiger partial charge in [0, 0.05) is 0 Å². The highest BCUT2D eigenvalue weighted by molar-refractivity contribution is 5.09. The van der Waals surface area contributed by atoms with Gasteiger partial charge in [0.1, 0.15) is 0 Å². The average Bonchev–Trinajstić information content (AvgIpc) is 3.04. The fraction of sp³-hybridized carbons (Fsp3) is 1.00. The van der Waals surface area contributed by atoms with Crippen molar-refractivity contribution in [2.24, 2.45) is 47.3 Å². The molecule has 5 aliphatic rings. The SMILES string of the molecule is C1CC2C3C[C@H](CC4C5CCC(C5)C43)C2C1. The summed E-state index contributed by atoms with van der Waals surface area (Å²) in [6.45, 7) is 0. The Bertz CT molecular complexity index is 320. The molecule has 5 fully saturated rings. The molecule has 0 spiro atoms. The minimum atomic E-state index is 1.19. The smallest absolute Gasteiger partial charge is 0.0323 e. The Hall–Kier alpha value is 0. The van der Waals surface area contributed by atoms with Gasteiger partial charge in [-0.2, -0.15) is 0 Å². The van der Waals surface area contributed by atoms with Crippen LogP contribution in [-0.2, 0) is 0 Å². The van der Waals surface area contributed by atoms with E-state index in [-0.39, 0.29) is 0 Å². The van der Waals surface area contributed by atoms with Crippen LogP contribution in [0.3, 0.4) is 0 Å². The van der Waals surface area contributed by atoms with E-state index in [0.29, 0.717) is 0 Å². The van der Waals surface area contributed by atoms with Crippen molar-refractivity contribution < 1.29 is 0 Å². The Labute approximate surface area is 99.2 Å². The molecule has 88 valence electrons. The van der Waals surface area contributed by atoms with Crippen molar-refractivity contribution in [3.8, 4) is 0 Å². The summed E-state index contributed by atoms with van der Waals surface area (Å²) >= 11 is 0. The average molecular weight is 216 g/mol. The van der Waals surface area contributed by atoms with Crippen LogP contribution in [0.4, 0.5) is 0 Å². The van der Waals surface area contributed by atoms with Gasteiger partial charge in [0.25, 0.3) is 0 Å². The van der Waals surface area contributed by atoms with Crippen LogP contribution in [0.2, 0.25) is 0 Å². The van der Waals surface area contributed by atoms with Crippen molar-refractivity contribution in [3.05, 3.63) is 0 Å². The molecule has 5 saturated carbocycles. The van der Waals surface area contributed by atoms with Crippen LogP contribution in [0.15, 0.2) is 0 Å². The Morgan fingerprint density at radius 2 is 1.31 bits per heavy atom. The van der Waals surface area contributed by atoms with Gasteiger partial charge in [0.05, 0.1) is 0 Å². The molecule has 0 aromatic heterocycles. The third-order valence-corrected chi connectivity index (χ3v) is 7.58. The Kier molecular flexibility index (Phi) is 1.61. The molecular formula is C16H24. The van der Waals surface area contributed by atoms with E-state index >= 15 is 0 Å². The first-order chi connectivity index (χ1) is 7.92. The van der Waals surface area contributed by atoms with Crippen LogP contribution in [0, 0.1) is 47.3 Å². The zero-order valence-corrected chi connectivity index (χ0v) is 10.3. The molecule has 0 saturated heterocycles. The Morgan fingerprint density at radius 3 is 2.31 bits per heavy atom. The molecular weight excluding hydrogens is 192 g/mol. The van der Waals surface area contributed by atoms with E-state index < -0.39 is 0 Å². The third-order valence-electron chi connectivity index (χ3n) is 7.58. The summed E-state index contributed by atoms with van der Waals surface area (Å²) in [5.41, 5.74) is 0. The Morgan fingerprint density at radius 1 is 0.500 bits per heavy atom. The molecule has 0 aromatic carbocycles. The van der Waals surface area contributed by atoms with Crippen molar-refractivity contribution in [1.82, 2.24) is 0 Å². The van der Waals surface area contributed by atoms with E-state index in [1.807, 2.05) is 0 Å². The lowest BCUT2D eigenvalue weighted by molar-refractivity contribution is 0.0789. The van der Waals surface area contributed by atoms with E-state index in [4.69, 9.17) is 0 Å². The van der Waals surface area contributed by atoms with Crippen LogP contribution in [-0.4, -0.2) is 0 Å². The minimum absolute atomic E-state index is 1.19. The van der Waals surface area contributed by atoms with E-state index in [9.17, 15) is 0 Å². The van der Waals surface area contributed by atoms with E-state index in [1.54, 1.807) is 51.4 Å². The van der Waals surface area contributed by atoms with Gasteiger partial charge in [0.2, 0.25) is 0 Å². The molecule has 16 heavy (non-hydrogen) atoms. The molecule has 0 heterocycles. The number of rotatable bonds is 0. The second kappa shape index (κ2) is 2.87. The van der Waals surface area contributed by atoms with E-state index in [1.165, 1.54) is 47.3 Å². The number of fused-ring (bicyclic) bond motifs is 11. The lowest BCUT2D eigenvalue weighted by Gasteiger charge is -2.41. The van der Waals surface area contributed by atoms with E-state index in [2.05, 4.69) is 0 Å². The molecule has 0 aromatic rings. The summed E-state index contributed by atoms with van der Waals surface area (Å²) in [7, 11) is 0. The maximum Gasteiger partial charge on any atom is -0.0323 e. The lowest BCUT2D eigenvalue weighted by Crippen LogP contribution is -2.34. The number of hydrogen-bond acceptors (Lipinski definition) is 0.